The largest absolute Gasteiger partial charge is 0.361 e. The lowest BCUT2D eigenvalue weighted by molar-refractivity contribution is 0.101. The second kappa shape index (κ2) is 5.25. The smallest absolute Gasteiger partial charge is 0.159 e. The van der Waals surface area contributed by atoms with E-state index in [0.29, 0.717) is 5.56 Å². The number of fused-ring (bicyclic) bond motifs is 2. The summed E-state index contributed by atoms with van der Waals surface area (Å²) in [4.78, 5) is 19.3. The van der Waals surface area contributed by atoms with E-state index in [2.05, 4.69) is 21.4 Å². The average molecular weight is 301 g/mol. The number of pyridine rings is 1. The number of carbonyl (C=O) groups is 1. The van der Waals surface area contributed by atoms with E-state index < -0.39 is 0 Å². The van der Waals surface area contributed by atoms with Crippen molar-refractivity contribution in [2.45, 2.75) is 6.92 Å². The van der Waals surface area contributed by atoms with Crippen LogP contribution in [0.4, 0.5) is 11.5 Å². The van der Waals surface area contributed by atoms with Gasteiger partial charge in [-0.05, 0) is 48.7 Å². The van der Waals surface area contributed by atoms with E-state index in [-0.39, 0.29) is 5.78 Å². The van der Waals surface area contributed by atoms with Gasteiger partial charge in [0.2, 0.25) is 0 Å². The number of anilines is 2. The summed E-state index contributed by atoms with van der Waals surface area (Å²) in [6.07, 6.45) is 1.92. The van der Waals surface area contributed by atoms with Gasteiger partial charge in [0.25, 0.3) is 0 Å². The van der Waals surface area contributed by atoms with Crippen LogP contribution in [0.15, 0.2) is 60.8 Å². The third kappa shape index (κ3) is 2.55. The minimum absolute atomic E-state index is 0.0456. The van der Waals surface area contributed by atoms with Crippen LogP contribution in [0.5, 0.6) is 0 Å². The van der Waals surface area contributed by atoms with Crippen molar-refractivity contribution in [2.24, 2.45) is 0 Å². The standard InChI is InChI=1S/C19H15N3O/c1-12(23)15-3-2-13-5-7-19(22-18(13)10-15)21-16-6-4-14-8-9-20-17(14)11-16/h2-11,20H,1H3,(H,21,22). The van der Waals surface area contributed by atoms with Crippen molar-refractivity contribution < 1.29 is 4.79 Å². The van der Waals surface area contributed by atoms with Gasteiger partial charge in [-0.2, -0.15) is 0 Å². The van der Waals surface area contributed by atoms with Crippen molar-refractivity contribution >= 4 is 39.1 Å². The zero-order valence-corrected chi connectivity index (χ0v) is 12.6. The number of Topliss-reactive ketones (excluding diaryl/α,β-unsaturated/α-hetero) is 1. The lowest BCUT2D eigenvalue weighted by Crippen LogP contribution is -1.96. The summed E-state index contributed by atoms with van der Waals surface area (Å²) in [5.74, 6) is 0.799. The maximum Gasteiger partial charge on any atom is 0.159 e. The van der Waals surface area contributed by atoms with Crippen molar-refractivity contribution in [2.75, 3.05) is 5.32 Å². The van der Waals surface area contributed by atoms with E-state index in [9.17, 15) is 4.79 Å². The number of nitrogens with zero attached hydrogens (tertiary/aromatic N) is 1. The summed E-state index contributed by atoms with van der Waals surface area (Å²) >= 11 is 0. The molecular formula is C19H15N3O. The molecule has 112 valence electrons. The Morgan fingerprint density at radius 2 is 1.83 bits per heavy atom. The molecule has 0 aliphatic heterocycles. The third-order valence-corrected chi connectivity index (χ3v) is 3.93. The quantitative estimate of drug-likeness (QED) is 0.541. The molecule has 2 aromatic carbocycles. The van der Waals surface area contributed by atoms with E-state index in [1.807, 2.05) is 54.7 Å². The van der Waals surface area contributed by atoms with Crippen molar-refractivity contribution in [3.05, 3.63) is 66.4 Å². The molecule has 0 bridgehead atoms. The summed E-state index contributed by atoms with van der Waals surface area (Å²) in [5.41, 5.74) is 3.53. The summed E-state index contributed by atoms with van der Waals surface area (Å²) in [5, 5.41) is 5.50. The second-order valence-electron chi connectivity index (χ2n) is 5.56. The Kier molecular flexibility index (Phi) is 3.08. The molecule has 0 aliphatic rings. The minimum Gasteiger partial charge on any atom is -0.361 e. The van der Waals surface area contributed by atoms with E-state index in [4.69, 9.17) is 0 Å². The van der Waals surface area contributed by atoms with Gasteiger partial charge in [0.15, 0.2) is 5.78 Å². The Labute approximate surface area is 133 Å². The number of hydrogen-bond donors (Lipinski definition) is 2. The number of rotatable bonds is 3. The Hall–Kier alpha value is -3.14. The van der Waals surface area contributed by atoms with Crippen LogP contribution < -0.4 is 5.32 Å². The molecule has 0 amide bonds. The monoisotopic (exact) mass is 301 g/mol. The molecule has 4 rings (SSSR count). The Morgan fingerprint density at radius 1 is 1.00 bits per heavy atom. The van der Waals surface area contributed by atoms with Crippen molar-refractivity contribution in [3.8, 4) is 0 Å². The van der Waals surface area contributed by atoms with Crippen molar-refractivity contribution in [1.82, 2.24) is 9.97 Å². The normalized spacial score (nSPS) is 11.0. The number of nitrogens with one attached hydrogen (secondary N) is 2. The predicted molar refractivity (Wildman–Crippen MR) is 93.3 cm³/mol. The third-order valence-electron chi connectivity index (χ3n) is 3.93. The van der Waals surface area contributed by atoms with Gasteiger partial charge in [-0.1, -0.05) is 18.2 Å². The lowest BCUT2D eigenvalue weighted by Gasteiger charge is -2.07. The Morgan fingerprint density at radius 3 is 2.70 bits per heavy atom. The van der Waals surface area contributed by atoms with Gasteiger partial charge < -0.3 is 10.3 Å². The van der Waals surface area contributed by atoms with Crippen LogP contribution >= 0.6 is 0 Å². The molecule has 4 heteroatoms. The zero-order chi connectivity index (χ0) is 15.8. The number of ketones is 1. The highest BCUT2D eigenvalue weighted by Crippen LogP contribution is 2.23. The molecule has 23 heavy (non-hydrogen) atoms. The molecule has 0 atom stereocenters. The maximum absolute atomic E-state index is 11.5. The highest BCUT2D eigenvalue weighted by molar-refractivity contribution is 5.98. The first-order valence-electron chi connectivity index (χ1n) is 7.45. The molecule has 0 saturated carbocycles. The van der Waals surface area contributed by atoms with Gasteiger partial charge in [-0.25, -0.2) is 4.98 Å². The fourth-order valence-corrected chi connectivity index (χ4v) is 2.68. The van der Waals surface area contributed by atoms with Gasteiger partial charge in [-0.15, -0.1) is 0 Å². The van der Waals surface area contributed by atoms with Crippen LogP contribution in [0, 0.1) is 0 Å². The van der Waals surface area contributed by atoms with Crippen LogP contribution in [0.2, 0.25) is 0 Å². The van der Waals surface area contributed by atoms with Crippen LogP contribution in [0.1, 0.15) is 17.3 Å². The molecule has 0 aliphatic carbocycles. The number of aromatic nitrogens is 2. The fourth-order valence-electron chi connectivity index (χ4n) is 2.68. The molecule has 0 unspecified atom stereocenters. The molecule has 0 radical (unpaired) electrons. The first-order chi connectivity index (χ1) is 11.2. The molecule has 0 spiro atoms. The molecule has 0 fully saturated rings. The van der Waals surface area contributed by atoms with E-state index in [0.717, 1.165) is 27.9 Å². The number of aromatic amines is 1. The minimum atomic E-state index is 0.0456. The fraction of sp³-hybridized carbons (Fsp3) is 0.0526. The SMILES string of the molecule is CC(=O)c1ccc2ccc(Nc3ccc4cc[nH]c4c3)nc2c1. The Bertz CT molecular complexity index is 1030. The van der Waals surface area contributed by atoms with Crippen LogP contribution in [-0.2, 0) is 0 Å². The summed E-state index contributed by atoms with van der Waals surface area (Å²) in [7, 11) is 0. The summed E-state index contributed by atoms with van der Waals surface area (Å²) in [6, 6.07) is 17.7. The number of H-pyrrole nitrogens is 1. The van der Waals surface area contributed by atoms with Crippen molar-refractivity contribution in [3.63, 3.8) is 0 Å². The van der Waals surface area contributed by atoms with Gasteiger partial charge >= 0.3 is 0 Å². The highest BCUT2D eigenvalue weighted by Gasteiger charge is 2.04. The van der Waals surface area contributed by atoms with E-state index in [1.165, 1.54) is 5.39 Å². The molecular weight excluding hydrogens is 286 g/mol. The van der Waals surface area contributed by atoms with Gasteiger partial charge in [0, 0.05) is 28.4 Å². The average Bonchev–Trinajstić information content (AvgIpc) is 3.02. The van der Waals surface area contributed by atoms with Crippen LogP contribution in [-0.4, -0.2) is 15.8 Å². The second-order valence-corrected chi connectivity index (χ2v) is 5.56. The first kappa shape index (κ1) is 13.5. The Balaban J connectivity index is 1.71. The molecule has 2 N–H and O–H groups in total. The van der Waals surface area contributed by atoms with E-state index >= 15 is 0 Å². The molecule has 0 saturated heterocycles. The highest BCUT2D eigenvalue weighted by atomic mass is 16.1. The van der Waals surface area contributed by atoms with Crippen molar-refractivity contribution in [1.29, 1.82) is 0 Å². The molecule has 2 heterocycles. The summed E-state index contributed by atoms with van der Waals surface area (Å²) in [6.45, 7) is 1.56. The van der Waals surface area contributed by atoms with Gasteiger partial charge in [0.1, 0.15) is 5.82 Å². The lowest BCUT2D eigenvalue weighted by atomic mass is 10.1. The molecule has 4 aromatic rings. The number of hydrogen-bond acceptors (Lipinski definition) is 3. The van der Waals surface area contributed by atoms with Gasteiger partial charge in [-0.3, -0.25) is 4.79 Å². The summed E-state index contributed by atoms with van der Waals surface area (Å²) < 4.78 is 0. The van der Waals surface area contributed by atoms with Gasteiger partial charge in [0.05, 0.1) is 5.52 Å². The van der Waals surface area contributed by atoms with Crippen LogP contribution in [0.25, 0.3) is 21.8 Å². The first-order valence-corrected chi connectivity index (χ1v) is 7.45. The number of carbonyl (C=O) groups excluding carboxylic acids is 1. The predicted octanol–water partition coefficient (Wildman–Crippen LogP) is 4.66. The molecule has 4 nitrogen and oxygen atoms in total. The zero-order valence-electron chi connectivity index (χ0n) is 12.6. The van der Waals surface area contributed by atoms with Crippen LogP contribution in [0.3, 0.4) is 0 Å². The number of benzene rings is 2. The topological polar surface area (TPSA) is 57.8 Å². The molecule has 2 aromatic heterocycles. The van der Waals surface area contributed by atoms with E-state index in [1.54, 1.807) is 6.92 Å². The maximum atomic E-state index is 11.5.